The van der Waals surface area contributed by atoms with Crippen molar-refractivity contribution >= 4 is 41.6 Å². The third-order valence-electron chi connectivity index (χ3n) is 3.13. The third-order valence-corrected chi connectivity index (χ3v) is 5.31. The van der Waals surface area contributed by atoms with Crippen LogP contribution in [0.5, 0.6) is 0 Å². The van der Waals surface area contributed by atoms with Crippen LogP contribution in [-0.2, 0) is 9.05 Å². The summed E-state index contributed by atoms with van der Waals surface area (Å²) in [4.78, 5) is 13.9. The molecule has 1 aromatic rings. The minimum atomic E-state index is -3.93. The van der Waals surface area contributed by atoms with Gasteiger partial charge < -0.3 is 9.32 Å². The molecule has 1 heterocycles. The van der Waals surface area contributed by atoms with Gasteiger partial charge in [0.2, 0.25) is 0 Å². The number of hydrogen-bond acceptors (Lipinski definition) is 4. The average molecular weight is 385 g/mol. The lowest BCUT2D eigenvalue weighted by Gasteiger charge is -2.20. The number of nitrogens with zero attached hydrogens (tertiary/aromatic N) is 1. The molecule has 20 heavy (non-hydrogen) atoms. The first-order valence-electron chi connectivity index (χ1n) is 6.39. The molecule has 1 aliphatic carbocycles. The highest BCUT2D eigenvalue weighted by atomic mass is 79.9. The largest absolute Gasteiger partial charge is 0.443 e. The minimum absolute atomic E-state index is 0.000830. The highest BCUT2D eigenvalue weighted by molar-refractivity contribution is 9.10. The molecular formula is C12H15BrClNO4S. The van der Waals surface area contributed by atoms with Crippen molar-refractivity contribution in [3.63, 3.8) is 0 Å². The van der Waals surface area contributed by atoms with Crippen molar-refractivity contribution in [3.05, 3.63) is 16.5 Å². The van der Waals surface area contributed by atoms with Gasteiger partial charge >= 0.3 is 0 Å². The standard InChI is InChI=1S/C12H15BrClNO4S/c1-2-3-6-15(8-4-5-8)12(16)9-7-10(11(13)19-9)20(14,17)18/h7-8H,2-6H2,1H3. The van der Waals surface area contributed by atoms with Crippen LogP contribution in [0.15, 0.2) is 20.0 Å². The summed E-state index contributed by atoms with van der Waals surface area (Å²) in [5.74, 6) is -0.285. The van der Waals surface area contributed by atoms with Gasteiger partial charge in [0.25, 0.3) is 15.0 Å². The SMILES string of the molecule is CCCCN(C(=O)c1cc(S(=O)(=O)Cl)c(Br)o1)C1CC1. The molecule has 0 N–H and O–H groups in total. The average Bonchev–Trinajstić information content (AvgIpc) is 3.10. The molecule has 0 bridgehead atoms. The zero-order valence-electron chi connectivity index (χ0n) is 10.9. The number of furan rings is 1. The van der Waals surface area contributed by atoms with Gasteiger partial charge in [0.15, 0.2) is 10.4 Å². The fourth-order valence-electron chi connectivity index (χ4n) is 1.93. The summed E-state index contributed by atoms with van der Waals surface area (Å²) in [5.41, 5.74) is 0. The van der Waals surface area contributed by atoms with Crippen LogP contribution in [0.3, 0.4) is 0 Å². The van der Waals surface area contributed by atoms with E-state index in [4.69, 9.17) is 15.1 Å². The summed E-state index contributed by atoms with van der Waals surface area (Å²) in [6, 6.07) is 1.42. The number of hydrogen-bond donors (Lipinski definition) is 0. The molecule has 0 saturated heterocycles. The van der Waals surface area contributed by atoms with Crippen LogP contribution in [0.2, 0.25) is 0 Å². The molecule has 0 atom stereocenters. The molecule has 1 fully saturated rings. The maximum atomic E-state index is 12.4. The van der Waals surface area contributed by atoms with E-state index in [-0.39, 0.29) is 27.3 Å². The Morgan fingerprint density at radius 2 is 2.20 bits per heavy atom. The predicted molar refractivity (Wildman–Crippen MR) is 78.4 cm³/mol. The van der Waals surface area contributed by atoms with Gasteiger partial charge in [-0.25, -0.2) is 8.42 Å². The first-order chi connectivity index (χ1) is 9.34. The molecule has 0 radical (unpaired) electrons. The molecule has 1 amide bonds. The van der Waals surface area contributed by atoms with Crippen molar-refractivity contribution in [1.29, 1.82) is 0 Å². The molecule has 1 aliphatic rings. The molecule has 8 heteroatoms. The molecule has 1 saturated carbocycles. The highest BCUT2D eigenvalue weighted by Gasteiger charge is 2.35. The van der Waals surface area contributed by atoms with Crippen LogP contribution in [0.4, 0.5) is 0 Å². The molecule has 5 nitrogen and oxygen atoms in total. The van der Waals surface area contributed by atoms with E-state index in [0.717, 1.165) is 25.7 Å². The number of unbranched alkanes of at least 4 members (excludes halogenated alkanes) is 1. The smallest absolute Gasteiger partial charge is 0.289 e. The van der Waals surface area contributed by atoms with E-state index in [1.54, 1.807) is 4.90 Å². The van der Waals surface area contributed by atoms with Crippen LogP contribution in [0, 0.1) is 0 Å². The number of carbonyl (C=O) groups excluding carboxylic acids is 1. The lowest BCUT2D eigenvalue weighted by atomic mass is 10.3. The minimum Gasteiger partial charge on any atom is -0.443 e. The summed E-state index contributed by atoms with van der Waals surface area (Å²) in [6.07, 6.45) is 3.86. The van der Waals surface area contributed by atoms with E-state index in [0.29, 0.717) is 6.54 Å². The summed E-state index contributed by atoms with van der Waals surface area (Å²) in [6.45, 7) is 2.71. The van der Waals surface area contributed by atoms with E-state index in [1.807, 2.05) is 0 Å². The van der Waals surface area contributed by atoms with Gasteiger partial charge in [0.1, 0.15) is 4.90 Å². The second-order valence-electron chi connectivity index (χ2n) is 4.77. The summed E-state index contributed by atoms with van der Waals surface area (Å²) >= 11 is 2.97. The molecule has 2 rings (SSSR count). The lowest BCUT2D eigenvalue weighted by Crippen LogP contribution is -2.33. The topological polar surface area (TPSA) is 67.6 Å². The number of rotatable bonds is 6. The van der Waals surface area contributed by atoms with E-state index >= 15 is 0 Å². The maximum Gasteiger partial charge on any atom is 0.289 e. The van der Waals surface area contributed by atoms with Crippen molar-refractivity contribution in [2.45, 2.75) is 43.5 Å². The maximum absolute atomic E-state index is 12.4. The van der Waals surface area contributed by atoms with Crippen molar-refractivity contribution in [2.24, 2.45) is 0 Å². The first-order valence-corrected chi connectivity index (χ1v) is 9.49. The Morgan fingerprint density at radius 1 is 1.55 bits per heavy atom. The van der Waals surface area contributed by atoms with E-state index in [9.17, 15) is 13.2 Å². The molecule has 1 aromatic heterocycles. The van der Waals surface area contributed by atoms with Gasteiger partial charge in [-0.05, 0) is 35.2 Å². The first kappa shape index (κ1) is 15.9. The summed E-state index contributed by atoms with van der Waals surface area (Å²) in [5, 5.41) is 0. The Kier molecular flexibility index (Phi) is 4.81. The van der Waals surface area contributed by atoms with Crippen molar-refractivity contribution in [1.82, 2.24) is 4.90 Å². The van der Waals surface area contributed by atoms with E-state index in [2.05, 4.69) is 22.9 Å². The number of amides is 1. The Hall–Kier alpha value is -0.530. The molecule has 0 spiro atoms. The van der Waals surface area contributed by atoms with Crippen molar-refractivity contribution in [3.8, 4) is 0 Å². The molecule has 112 valence electrons. The molecule has 0 aromatic carbocycles. The third kappa shape index (κ3) is 3.56. The van der Waals surface area contributed by atoms with Gasteiger partial charge in [-0.2, -0.15) is 0 Å². The zero-order chi connectivity index (χ0) is 14.9. The second-order valence-corrected chi connectivity index (χ2v) is 8.02. The molecular weight excluding hydrogens is 370 g/mol. The van der Waals surface area contributed by atoms with E-state index < -0.39 is 9.05 Å². The number of halogens is 2. The fraction of sp³-hybridized carbons (Fsp3) is 0.583. The summed E-state index contributed by atoms with van der Waals surface area (Å²) in [7, 11) is 1.34. The molecule has 0 unspecified atom stereocenters. The van der Waals surface area contributed by atoms with Crippen LogP contribution in [-0.4, -0.2) is 31.8 Å². The van der Waals surface area contributed by atoms with E-state index in [1.165, 1.54) is 6.07 Å². The Labute approximate surface area is 130 Å². The second kappa shape index (κ2) is 6.07. The van der Waals surface area contributed by atoms with Crippen LogP contribution in [0.25, 0.3) is 0 Å². The van der Waals surface area contributed by atoms with Crippen LogP contribution < -0.4 is 0 Å². The Balaban J connectivity index is 2.23. The predicted octanol–water partition coefficient (Wildman–Crippen LogP) is 3.37. The van der Waals surface area contributed by atoms with Gasteiger partial charge in [-0.1, -0.05) is 13.3 Å². The Bertz CT molecular complexity index is 609. The van der Waals surface area contributed by atoms with Gasteiger partial charge in [-0.15, -0.1) is 0 Å². The van der Waals surface area contributed by atoms with Gasteiger partial charge in [-0.3, -0.25) is 4.79 Å². The lowest BCUT2D eigenvalue weighted by molar-refractivity contribution is 0.0707. The van der Waals surface area contributed by atoms with Crippen molar-refractivity contribution < 1.29 is 17.6 Å². The quantitative estimate of drug-likeness (QED) is 0.705. The normalized spacial score (nSPS) is 15.3. The van der Waals surface area contributed by atoms with Gasteiger partial charge in [0, 0.05) is 29.3 Å². The van der Waals surface area contributed by atoms with Crippen LogP contribution >= 0.6 is 26.6 Å². The van der Waals surface area contributed by atoms with Crippen LogP contribution in [0.1, 0.15) is 43.2 Å². The molecule has 0 aliphatic heterocycles. The highest BCUT2D eigenvalue weighted by Crippen LogP contribution is 2.32. The fourth-order valence-corrected chi connectivity index (χ4v) is 3.96. The Morgan fingerprint density at radius 3 is 2.65 bits per heavy atom. The van der Waals surface area contributed by atoms with Gasteiger partial charge in [0.05, 0.1) is 0 Å². The number of carbonyl (C=O) groups is 1. The zero-order valence-corrected chi connectivity index (χ0v) is 14.1. The van der Waals surface area contributed by atoms with Crippen molar-refractivity contribution in [2.75, 3.05) is 6.54 Å². The summed E-state index contributed by atoms with van der Waals surface area (Å²) < 4.78 is 27.8. The monoisotopic (exact) mass is 383 g/mol.